The van der Waals surface area contributed by atoms with E-state index in [2.05, 4.69) is 23.0 Å². The van der Waals surface area contributed by atoms with Crippen molar-refractivity contribution in [1.82, 2.24) is 5.32 Å². The van der Waals surface area contributed by atoms with Crippen molar-refractivity contribution in [2.24, 2.45) is 4.99 Å². The SMILES string of the molecule is C=C(C/C=C\C)/C(C)=N\C=C(/C)NC. The second-order valence-corrected chi connectivity index (χ2v) is 3.15. The van der Waals surface area contributed by atoms with Crippen LogP contribution in [0.3, 0.4) is 0 Å². The molecule has 0 spiro atoms. The third-order valence-corrected chi connectivity index (χ3v) is 1.96. The quantitative estimate of drug-likeness (QED) is 0.525. The van der Waals surface area contributed by atoms with Gasteiger partial charge in [0.1, 0.15) is 0 Å². The van der Waals surface area contributed by atoms with Gasteiger partial charge in [0.25, 0.3) is 0 Å². The zero-order valence-corrected chi connectivity index (χ0v) is 9.59. The number of nitrogens with one attached hydrogen (secondary N) is 1. The zero-order valence-electron chi connectivity index (χ0n) is 9.59. The molecule has 0 saturated heterocycles. The van der Waals surface area contributed by atoms with Gasteiger partial charge in [0.05, 0.1) is 0 Å². The smallest absolute Gasteiger partial charge is 0.0457 e. The summed E-state index contributed by atoms with van der Waals surface area (Å²) in [6.45, 7) is 9.92. The lowest BCUT2D eigenvalue weighted by molar-refractivity contribution is 0.981. The van der Waals surface area contributed by atoms with Crippen LogP contribution in [0.4, 0.5) is 0 Å². The minimum Gasteiger partial charge on any atom is -0.390 e. The number of allylic oxidation sites excluding steroid dienone is 4. The monoisotopic (exact) mass is 192 g/mol. The van der Waals surface area contributed by atoms with Crippen LogP contribution in [0.5, 0.6) is 0 Å². The Morgan fingerprint density at radius 3 is 2.57 bits per heavy atom. The molecule has 0 aliphatic carbocycles. The Balaban J connectivity index is 4.30. The maximum Gasteiger partial charge on any atom is 0.0457 e. The standard InChI is InChI=1S/C12H20N2/c1-6-7-8-10(2)12(4)14-9-11(3)13-5/h6-7,9,13H,2,8H2,1,3-5H3/b7-6-,11-9+,14-12-. The number of nitrogens with zero attached hydrogens (tertiary/aromatic N) is 1. The van der Waals surface area contributed by atoms with Crippen molar-refractivity contribution in [3.05, 3.63) is 36.2 Å². The summed E-state index contributed by atoms with van der Waals surface area (Å²) in [6, 6.07) is 0. The molecule has 0 aromatic carbocycles. The van der Waals surface area contributed by atoms with Crippen LogP contribution in [-0.2, 0) is 0 Å². The Labute approximate surface area is 87.1 Å². The van der Waals surface area contributed by atoms with Crippen molar-refractivity contribution in [2.75, 3.05) is 7.05 Å². The molecule has 14 heavy (non-hydrogen) atoms. The van der Waals surface area contributed by atoms with Crippen LogP contribution in [0.1, 0.15) is 27.2 Å². The highest BCUT2D eigenvalue weighted by molar-refractivity contribution is 5.98. The summed E-state index contributed by atoms with van der Waals surface area (Å²) in [5.74, 6) is 0. The molecule has 0 radical (unpaired) electrons. The van der Waals surface area contributed by atoms with Gasteiger partial charge in [-0.3, -0.25) is 4.99 Å². The summed E-state index contributed by atoms with van der Waals surface area (Å²) in [4.78, 5) is 4.31. The molecule has 0 aromatic rings. The summed E-state index contributed by atoms with van der Waals surface area (Å²) in [5.41, 5.74) is 3.09. The van der Waals surface area contributed by atoms with Crippen LogP contribution >= 0.6 is 0 Å². The highest BCUT2D eigenvalue weighted by atomic mass is 14.9. The molecule has 0 fully saturated rings. The van der Waals surface area contributed by atoms with Crippen LogP contribution in [-0.4, -0.2) is 12.8 Å². The van der Waals surface area contributed by atoms with E-state index >= 15 is 0 Å². The van der Waals surface area contributed by atoms with E-state index in [-0.39, 0.29) is 0 Å². The van der Waals surface area contributed by atoms with Crippen LogP contribution < -0.4 is 5.32 Å². The van der Waals surface area contributed by atoms with Crippen molar-refractivity contribution in [3.8, 4) is 0 Å². The second kappa shape index (κ2) is 7.13. The Morgan fingerprint density at radius 2 is 2.07 bits per heavy atom. The largest absolute Gasteiger partial charge is 0.390 e. The predicted octanol–water partition coefficient (Wildman–Crippen LogP) is 3.05. The van der Waals surface area contributed by atoms with Gasteiger partial charge >= 0.3 is 0 Å². The van der Waals surface area contributed by atoms with E-state index in [4.69, 9.17) is 0 Å². The first-order valence-corrected chi connectivity index (χ1v) is 4.80. The van der Waals surface area contributed by atoms with E-state index in [0.29, 0.717) is 0 Å². The van der Waals surface area contributed by atoms with Crippen LogP contribution in [0, 0.1) is 0 Å². The van der Waals surface area contributed by atoms with E-state index in [1.807, 2.05) is 40.1 Å². The normalized spacial score (nSPS) is 13.4. The van der Waals surface area contributed by atoms with Crippen LogP contribution in [0.25, 0.3) is 0 Å². The molecule has 0 saturated carbocycles. The molecular formula is C12H20N2. The van der Waals surface area contributed by atoms with E-state index in [1.54, 1.807) is 0 Å². The summed E-state index contributed by atoms with van der Waals surface area (Å²) in [6.07, 6.45) is 6.79. The molecule has 0 rings (SSSR count). The fourth-order valence-corrected chi connectivity index (χ4v) is 0.757. The Hall–Kier alpha value is -1.31. The van der Waals surface area contributed by atoms with Gasteiger partial charge in [0.2, 0.25) is 0 Å². The van der Waals surface area contributed by atoms with E-state index in [1.165, 1.54) is 0 Å². The number of hydrogen-bond donors (Lipinski definition) is 1. The van der Waals surface area contributed by atoms with Gasteiger partial charge in [-0.25, -0.2) is 0 Å². The molecule has 0 atom stereocenters. The molecule has 0 aliphatic rings. The molecule has 1 N–H and O–H groups in total. The second-order valence-electron chi connectivity index (χ2n) is 3.15. The van der Waals surface area contributed by atoms with Crippen molar-refractivity contribution in [1.29, 1.82) is 0 Å². The van der Waals surface area contributed by atoms with Crippen LogP contribution in [0.15, 0.2) is 41.2 Å². The van der Waals surface area contributed by atoms with Gasteiger partial charge in [-0.05, 0) is 32.8 Å². The summed E-state index contributed by atoms with van der Waals surface area (Å²) < 4.78 is 0. The third-order valence-electron chi connectivity index (χ3n) is 1.96. The molecule has 0 amide bonds. The highest BCUT2D eigenvalue weighted by Gasteiger charge is 1.94. The van der Waals surface area contributed by atoms with Gasteiger partial charge in [-0.1, -0.05) is 18.7 Å². The van der Waals surface area contributed by atoms with Gasteiger partial charge in [0.15, 0.2) is 0 Å². The lowest BCUT2D eigenvalue weighted by Gasteiger charge is -2.01. The van der Waals surface area contributed by atoms with Crippen molar-refractivity contribution >= 4 is 5.71 Å². The molecule has 0 heterocycles. The molecule has 0 bridgehead atoms. The first-order chi connectivity index (χ1) is 6.61. The maximum atomic E-state index is 4.31. The Bertz CT molecular complexity index is 270. The van der Waals surface area contributed by atoms with E-state index in [9.17, 15) is 0 Å². The third kappa shape index (κ3) is 5.36. The van der Waals surface area contributed by atoms with Crippen molar-refractivity contribution < 1.29 is 0 Å². The fraction of sp³-hybridized carbons (Fsp3) is 0.417. The Morgan fingerprint density at radius 1 is 1.43 bits per heavy atom. The maximum absolute atomic E-state index is 4.31. The molecular weight excluding hydrogens is 172 g/mol. The van der Waals surface area contributed by atoms with Gasteiger partial charge in [-0.15, -0.1) is 0 Å². The molecule has 78 valence electrons. The predicted molar refractivity (Wildman–Crippen MR) is 64.5 cm³/mol. The lowest BCUT2D eigenvalue weighted by Crippen LogP contribution is -2.01. The average molecular weight is 192 g/mol. The molecule has 2 nitrogen and oxygen atoms in total. The number of aliphatic imine (C=N–C) groups is 1. The number of hydrogen-bond acceptors (Lipinski definition) is 2. The minimum atomic E-state index is 0.873. The fourth-order valence-electron chi connectivity index (χ4n) is 0.757. The zero-order chi connectivity index (χ0) is 11.0. The molecule has 0 aromatic heterocycles. The average Bonchev–Trinajstić information content (AvgIpc) is 2.21. The molecule has 0 aliphatic heterocycles. The first-order valence-electron chi connectivity index (χ1n) is 4.80. The summed E-state index contributed by atoms with van der Waals surface area (Å²) >= 11 is 0. The van der Waals surface area contributed by atoms with Crippen LogP contribution in [0.2, 0.25) is 0 Å². The topological polar surface area (TPSA) is 24.4 Å². The van der Waals surface area contributed by atoms with Crippen molar-refractivity contribution in [3.63, 3.8) is 0 Å². The van der Waals surface area contributed by atoms with Crippen molar-refractivity contribution in [2.45, 2.75) is 27.2 Å². The van der Waals surface area contributed by atoms with Gasteiger partial charge in [0, 0.05) is 24.7 Å². The molecule has 0 unspecified atom stereocenters. The molecule has 2 heteroatoms. The lowest BCUT2D eigenvalue weighted by atomic mass is 10.1. The Kier molecular flexibility index (Phi) is 6.46. The minimum absolute atomic E-state index is 0.873. The van der Waals surface area contributed by atoms with E-state index < -0.39 is 0 Å². The van der Waals surface area contributed by atoms with E-state index in [0.717, 1.165) is 23.4 Å². The summed E-state index contributed by atoms with van der Waals surface area (Å²) in [5, 5.41) is 3.01. The first kappa shape index (κ1) is 12.7. The highest BCUT2D eigenvalue weighted by Crippen LogP contribution is 2.03. The van der Waals surface area contributed by atoms with Gasteiger partial charge < -0.3 is 5.32 Å². The van der Waals surface area contributed by atoms with Gasteiger partial charge in [-0.2, -0.15) is 0 Å². The number of rotatable bonds is 5. The summed E-state index contributed by atoms with van der Waals surface area (Å²) in [7, 11) is 1.88.